The number of hydrazine groups is 1. The molecule has 1 aliphatic heterocycles. The van der Waals surface area contributed by atoms with E-state index < -0.39 is 22.8 Å². The summed E-state index contributed by atoms with van der Waals surface area (Å²) in [5.74, 6) is -3.55. The van der Waals surface area contributed by atoms with Crippen molar-refractivity contribution in [2.24, 2.45) is 0 Å². The van der Waals surface area contributed by atoms with Crippen molar-refractivity contribution in [3.8, 4) is 0 Å². The van der Waals surface area contributed by atoms with E-state index in [0.29, 0.717) is 5.69 Å². The molecule has 3 N–H and O–H groups in total. The molecule has 37 heavy (non-hydrogen) atoms. The lowest BCUT2D eigenvalue weighted by molar-refractivity contribution is -0.384. The van der Waals surface area contributed by atoms with Gasteiger partial charge in [0.2, 0.25) is 5.91 Å². The Morgan fingerprint density at radius 1 is 0.757 bits per heavy atom. The first-order valence-electron chi connectivity index (χ1n) is 11.6. The zero-order valence-electron chi connectivity index (χ0n) is 20.6. The molecule has 1 saturated heterocycles. The average Bonchev–Trinajstić information content (AvgIpc) is 2.79. The van der Waals surface area contributed by atoms with Gasteiger partial charge in [-0.2, -0.15) is 0 Å². The standard InChI is InChI=1S/C22H32N6O9/c1-17(29)27(18-2-4-19(5-3-18)28(36)37)26-12-10-24(15-21(32)33)8-6-23(14-20(30)31)7-9-25(11-13-26)16-22(34)35/h2-5H,6-16H2,1H3,(H,30,31)(H,32,33)(H,34,35). The molecule has 0 radical (unpaired) electrons. The van der Waals surface area contributed by atoms with Crippen molar-refractivity contribution in [1.82, 2.24) is 19.7 Å². The Morgan fingerprint density at radius 3 is 1.41 bits per heavy atom. The Balaban J connectivity index is 2.36. The summed E-state index contributed by atoms with van der Waals surface area (Å²) in [7, 11) is 0. The first-order chi connectivity index (χ1) is 17.5. The zero-order chi connectivity index (χ0) is 27.5. The minimum Gasteiger partial charge on any atom is -0.480 e. The van der Waals surface area contributed by atoms with Gasteiger partial charge in [-0.1, -0.05) is 0 Å². The Kier molecular flexibility index (Phi) is 11.3. The Bertz CT molecular complexity index is 942. The lowest BCUT2D eigenvalue weighted by Gasteiger charge is -2.38. The highest BCUT2D eigenvalue weighted by molar-refractivity contribution is 5.90. The number of benzene rings is 1. The molecule has 1 amide bonds. The molecule has 0 bridgehead atoms. The number of nitro benzene ring substituents is 1. The molecule has 204 valence electrons. The number of hydrogen-bond acceptors (Lipinski definition) is 10. The molecule has 15 heteroatoms. The molecule has 15 nitrogen and oxygen atoms in total. The maximum atomic E-state index is 12.7. The molecule has 0 aromatic heterocycles. The number of carbonyl (C=O) groups excluding carboxylic acids is 1. The van der Waals surface area contributed by atoms with E-state index in [-0.39, 0.29) is 83.6 Å². The fourth-order valence-corrected chi connectivity index (χ4v) is 4.03. The Hall–Kier alpha value is -3.66. The van der Waals surface area contributed by atoms with Gasteiger partial charge in [-0.25, -0.2) is 10.0 Å². The summed E-state index contributed by atoms with van der Waals surface area (Å²) in [5, 5.41) is 42.0. The Morgan fingerprint density at radius 2 is 1.11 bits per heavy atom. The molecule has 0 unspecified atom stereocenters. The van der Waals surface area contributed by atoms with E-state index in [2.05, 4.69) is 0 Å². The SMILES string of the molecule is CC(=O)N(c1ccc([N+](=O)[O-])cc1)N1CCN(CC(=O)O)CCN(CC(=O)O)CCN(CC(=O)O)CC1. The van der Waals surface area contributed by atoms with Gasteiger partial charge in [0.15, 0.2) is 0 Å². The van der Waals surface area contributed by atoms with Gasteiger partial charge in [0, 0.05) is 71.4 Å². The number of anilines is 1. The number of nitro groups is 1. The van der Waals surface area contributed by atoms with Crippen LogP contribution in [0.1, 0.15) is 6.92 Å². The van der Waals surface area contributed by atoms with Crippen LogP contribution in [0.3, 0.4) is 0 Å². The number of carbonyl (C=O) groups is 4. The molecule has 2 rings (SSSR count). The normalized spacial score (nSPS) is 17.3. The van der Waals surface area contributed by atoms with E-state index >= 15 is 0 Å². The van der Waals surface area contributed by atoms with Gasteiger partial charge in [-0.15, -0.1) is 0 Å². The van der Waals surface area contributed by atoms with Gasteiger partial charge < -0.3 is 15.3 Å². The lowest BCUT2D eigenvalue weighted by Crippen LogP contribution is -2.54. The summed E-state index contributed by atoms with van der Waals surface area (Å²) in [6, 6.07) is 5.41. The van der Waals surface area contributed by atoms with Crippen molar-refractivity contribution >= 4 is 35.2 Å². The number of non-ortho nitro benzene ring substituents is 1. The molecule has 0 spiro atoms. The summed E-state index contributed by atoms with van der Waals surface area (Å²) < 4.78 is 0. The Labute approximate surface area is 213 Å². The van der Waals surface area contributed by atoms with Crippen LogP contribution in [0.25, 0.3) is 0 Å². The summed E-state index contributed by atoms with van der Waals surface area (Å²) in [4.78, 5) is 62.2. The smallest absolute Gasteiger partial charge is 0.317 e. The van der Waals surface area contributed by atoms with Gasteiger partial charge in [-0.05, 0) is 12.1 Å². The van der Waals surface area contributed by atoms with Gasteiger partial charge in [-0.3, -0.25) is 44.0 Å². The van der Waals surface area contributed by atoms with E-state index in [4.69, 9.17) is 0 Å². The first kappa shape index (κ1) is 29.6. The zero-order valence-corrected chi connectivity index (χ0v) is 20.6. The molecule has 1 aliphatic rings. The molecular weight excluding hydrogens is 492 g/mol. The van der Waals surface area contributed by atoms with Gasteiger partial charge >= 0.3 is 17.9 Å². The van der Waals surface area contributed by atoms with E-state index in [1.807, 2.05) is 0 Å². The van der Waals surface area contributed by atoms with Crippen LogP contribution in [-0.4, -0.2) is 136 Å². The third kappa shape index (κ3) is 10.1. The van der Waals surface area contributed by atoms with E-state index in [1.165, 1.54) is 36.2 Å². The first-order valence-corrected chi connectivity index (χ1v) is 11.6. The molecular formula is C22H32N6O9. The molecule has 0 atom stereocenters. The average molecular weight is 525 g/mol. The van der Waals surface area contributed by atoms with Gasteiger partial charge in [0.25, 0.3) is 5.69 Å². The van der Waals surface area contributed by atoms with E-state index in [0.717, 1.165) is 0 Å². The predicted molar refractivity (Wildman–Crippen MR) is 130 cm³/mol. The predicted octanol–water partition coefficient (Wildman–Crippen LogP) is -0.662. The number of aliphatic carboxylic acids is 3. The van der Waals surface area contributed by atoms with E-state index in [1.54, 1.807) is 19.7 Å². The highest BCUT2D eigenvalue weighted by Crippen LogP contribution is 2.21. The minimum absolute atomic E-state index is 0.146. The van der Waals surface area contributed by atoms with Crippen LogP contribution in [0.15, 0.2) is 24.3 Å². The van der Waals surface area contributed by atoms with Crippen LogP contribution in [-0.2, 0) is 19.2 Å². The number of nitrogens with zero attached hydrogens (tertiary/aromatic N) is 6. The molecule has 1 aromatic carbocycles. The van der Waals surface area contributed by atoms with Crippen molar-refractivity contribution in [3.05, 3.63) is 34.4 Å². The molecule has 0 saturated carbocycles. The summed E-state index contributed by atoms with van der Waals surface area (Å²) >= 11 is 0. The van der Waals surface area contributed by atoms with Crippen LogP contribution in [0.4, 0.5) is 11.4 Å². The lowest BCUT2D eigenvalue weighted by atomic mass is 10.2. The second-order valence-electron chi connectivity index (χ2n) is 8.57. The molecule has 1 fully saturated rings. The van der Waals surface area contributed by atoms with Crippen molar-refractivity contribution in [2.75, 3.05) is 77.0 Å². The topological polar surface area (TPSA) is 188 Å². The maximum absolute atomic E-state index is 12.7. The van der Waals surface area contributed by atoms with Crippen LogP contribution in [0, 0.1) is 10.1 Å². The minimum atomic E-state index is -1.06. The summed E-state index contributed by atoms with van der Waals surface area (Å²) in [6.45, 7) is 2.23. The van der Waals surface area contributed by atoms with Crippen molar-refractivity contribution < 1.29 is 39.4 Å². The van der Waals surface area contributed by atoms with Crippen LogP contribution >= 0.6 is 0 Å². The third-order valence-corrected chi connectivity index (χ3v) is 5.78. The number of hydrogen-bond donors (Lipinski definition) is 3. The number of rotatable bonds is 9. The number of carboxylic acid groups (broad SMARTS) is 3. The van der Waals surface area contributed by atoms with Crippen LogP contribution in [0.5, 0.6) is 0 Å². The number of amides is 1. The monoisotopic (exact) mass is 524 g/mol. The van der Waals surface area contributed by atoms with Gasteiger partial charge in [0.05, 0.1) is 30.2 Å². The molecule has 1 heterocycles. The van der Waals surface area contributed by atoms with Crippen LogP contribution < -0.4 is 5.01 Å². The molecule has 0 aliphatic carbocycles. The largest absolute Gasteiger partial charge is 0.480 e. The molecule has 1 aromatic rings. The highest BCUT2D eigenvalue weighted by atomic mass is 16.6. The van der Waals surface area contributed by atoms with Crippen LogP contribution in [0.2, 0.25) is 0 Å². The van der Waals surface area contributed by atoms with Crippen molar-refractivity contribution in [2.45, 2.75) is 6.92 Å². The summed E-state index contributed by atoms with van der Waals surface area (Å²) in [5.41, 5.74) is 0.222. The van der Waals surface area contributed by atoms with Gasteiger partial charge in [0.1, 0.15) is 0 Å². The fourth-order valence-electron chi connectivity index (χ4n) is 4.03. The fraction of sp³-hybridized carbons (Fsp3) is 0.545. The number of carboxylic acids is 3. The van der Waals surface area contributed by atoms with Crippen molar-refractivity contribution in [1.29, 1.82) is 0 Å². The highest BCUT2D eigenvalue weighted by Gasteiger charge is 2.25. The quantitative estimate of drug-likeness (QED) is 0.273. The maximum Gasteiger partial charge on any atom is 0.317 e. The van der Waals surface area contributed by atoms with E-state index in [9.17, 15) is 44.6 Å². The summed E-state index contributed by atoms with van der Waals surface area (Å²) in [6.07, 6.45) is 0. The third-order valence-electron chi connectivity index (χ3n) is 5.78. The second-order valence-corrected chi connectivity index (χ2v) is 8.57. The van der Waals surface area contributed by atoms with Crippen molar-refractivity contribution in [3.63, 3.8) is 0 Å². The second kappa shape index (κ2) is 14.2.